The zero-order valence-electron chi connectivity index (χ0n) is 9.37. The maximum atomic E-state index is 12.3. The fraction of sp³-hybridized carbons (Fsp3) is 0.133. The number of hydrogen-bond acceptors (Lipinski definition) is 1. The first kappa shape index (κ1) is 9.34. The molecule has 3 rings (SSSR count). The molecule has 0 heterocycles. The van der Waals surface area contributed by atoms with Gasteiger partial charge in [0.1, 0.15) is 0 Å². The third kappa shape index (κ3) is 1.09. The van der Waals surface area contributed by atoms with Gasteiger partial charge < -0.3 is 0 Å². The lowest BCUT2D eigenvalue weighted by molar-refractivity contribution is 0.104. The van der Waals surface area contributed by atoms with Crippen LogP contribution in [0, 0.1) is 13.8 Å². The molecule has 0 radical (unpaired) electrons. The van der Waals surface area contributed by atoms with E-state index in [1.54, 1.807) is 0 Å². The second-order valence-electron chi connectivity index (χ2n) is 4.38. The molecule has 1 aliphatic rings. The van der Waals surface area contributed by atoms with E-state index in [4.69, 9.17) is 0 Å². The van der Waals surface area contributed by atoms with Crippen LogP contribution in [0.25, 0.3) is 11.1 Å². The average Bonchev–Trinajstić information content (AvgIpc) is 2.54. The van der Waals surface area contributed by atoms with Gasteiger partial charge in [0.05, 0.1) is 0 Å². The molecular weight excluding hydrogens is 196 g/mol. The van der Waals surface area contributed by atoms with E-state index < -0.39 is 0 Å². The van der Waals surface area contributed by atoms with Crippen molar-refractivity contribution in [2.45, 2.75) is 13.8 Å². The normalized spacial score (nSPS) is 12.5. The standard InChI is InChI=1S/C15H12O/c1-9-6-7-11-12-5-3-4-10(2)14(12)15(16)13(11)8-9/h3-8H,1-2H3. The molecule has 0 saturated carbocycles. The summed E-state index contributed by atoms with van der Waals surface area (Å²) in [4.78, 5) is 12.3. The highest BCUT2D eigenvalue weighted by Crippen LogP contribution is 2.38. The Balaban J connectivity index is 2.39. The van der Waals surface area contributed by atoms with Crippen LogP contribution in [-0.2, 0) is 0 Å². The summed E-state index contributed by atoms with van der Waals surface area (Å²) in [5.74, 6) is 0.173. The summed E-state index contributed by atoms with van der Waals surface area (Å²) >= 11 is 0. The van der Waals surface area contributed by atoms with Gasteiger partial charge in [0.25, 0.3) is 0 Å². The Morgan fingerprint density at radius 2 is 1.69 bits per heavy atom. The van der Waals surface area contributed by atoms with Gasteiger partial charge in [-0.15, -0.1) is 0 Å². The molecule has 78 valence electrons. The average molecular weight is 208 g/mol. The minimum Gasteiger partial charge on any atom is -0.289 e. The monoisotopic (exact) mass is 208 g/mol. The van der Waals surface area contributed by atoms with Crippen LogP contribution < -0.4 is 0 Å². The van der Waals surface area contributed by atoms with Crippen LogP contribution >= 0.6 is 0 Å². The van der Waals surface area contributed by atoms with Crippen molar-refractivity contribution in [3.63, 3.8) is 0 Å². The summed E-state index contributed by atoms with van der Waals surface area (Å²) in [6.45, 7) is 4.01. The lowest BCUT2D eigenvalue weighted by Gasteiger charge is -2.01. The van der Waals surface area contributed by atoms with Crippen molar-refractivity contribution in [2.75, 3.05) is 0 Å². The molecule has 0 atom stereocenters. The first-order valence-electron chi connectivity index (χ1n) is 5.44. The lowest BCUT2D eigenvalue weighted by Crippen LogP contribution is -1.97. The van der Waals surface area contributed by atoms with Crippen molar-refractivity contribution in [1.29, 1.82) is 0 Å². The van der Waals surface area contributed by atoms with E-state index in [2.05, 4.69) is 6.07 Å². The van der Waals surface area contributed by atoms with E-state index in [-0.39, 0.29) is 5.78 Å². The third-order valence-electron chi connectivity index (χ3n) is 3.21. The van der Waals surface area contributed by atoms with Crippen molar-refractivity contribution < 1.29 is 4.79 Å². The van der Waals surface area contributed by atoms with Crippen LogP contribution in [0.1, 0.15) is 27.0 Å². The molecule has 1 heteroatoms. The smallest absolute Gasteiger partial charge is 0.194 e. The predicted molar refractivity (Wildman–Crippen MR) is 64.8 cm³/mol. The number of carbonyl (C=O) groups is 1. The number of fused-ring (bicyclic) bond motifs is 3. The highest BCUT2D eigenvalue weighted by atomic mass is 16.1. The number of hydrogen-bond donors (Lipinski definition) is 0. The Morgan fingerprint density at radius 3 is 2.50 bits per heavy atom. The van der Waals surface area contributed by atoms with Gasteiger partial charge in [-0.3, -0.25) is 4.79 Å². The lowest BCUT2D eigenvalue weighted by atomic mass is 10.0. The van der Waals surface area contributed by atoms with Gasteiger partial charge in [0.15, 0.2) is 5.78 Å². The van der Waals surface area contributed by atoms with E-state index in [9.17, 15) is 4.79 Å². The Kier molecular flexibility index (Phi) is 1.78. The molecule has 0 unspecified atom stereocenters. The molecule has 0 N–H and O–H groups in total. The molecule has 0 amide bonds. The first-order valence-corrected chi connectivity index (χ1v) is 5.44. The zero-order valence-corrected chi connectivity index (χ0v) is 9.37. The van der Waals surface area contributed by atoms with Crippen LogP contribution in [-0.4, -0.2) is 5.78 Å². The number of aryl methyl sites for hydroxylation is 2. The van der Waals surface area contributed by atoms with E-state index in [0.717, 1.165) is 33.4 Å². The van der Waals surface area contributed by atoms with Gasteiger partial charge in [0.2, 0.25) is 0 Å². The van der Waals surface area contributed by atoms with Crippen molar-refractivity contribution in [2.24, 2.45) is 0 Å². The van der Waals surface area contributed by atoms with Gasteiger partial charge in [-0.05, 0) is 36.6 Å². The number of carbonyl (C=O) groups excluding carboxylic acids is 1. The maximum Gasteiger partial charge on any atom is 0.194 e. The fourth-order valence-electron chi connectivity index (χ4n) is 2.41. The number of rotatable bonds is 0. The van der Waals surface area contributed by atoms with Crippen molar-refractivity contribution >= 4 is 5.78 Å². The highest BCUT2D eigenvalue weighted by Gasteiger charge is 2.27. The quantitative estimate of drug-likeness (QED) is 0.552. The predicted octanol–water partition coefficient (Wildman–Crippen LogP) is 3.51. The van der Waals surface area contributed by atoms with Gasteiger partial charge in [-0.1, -0.05) is 35.9 Å². The van der Waals surface area contributed by atoms with Gasteiger partial charge in [-0.25, -0.2) is 0 Å². The summed E-state index contributed by atoms with van der Waals surface area (Å²) in [5, 5.41) is 0. The van der Waals surface area contributed by atoms with Gasteiger partial charge in [-0.2, -0.15) is 0 Å². The molecule has 1 aliphatic carbocycles. The van der Waals surface area contributed by atoms with Gasteiger partial charge >= 0.3 is 0 Å². The summed E-state index contributed by atoms with van der Waals surface area (Å²) in [6.07, 6.45) is 0. The molecule has 16 heavy (non-hydrogen) atoms. The molecule has 0 spiro atoms. The molecule has 2 aromatic carbocycles. The second-order valence-corrected chi connectivity index (χ2v) is 4.38. The molecule has 0 bridgehead atoms. The Morgan fingerprint density at radius 1 is 0.875 bits per heavy atom. The Labute approximate surface area is 94.7 Å². The summed E-state index contributed by atoms with van der Waals surface area (Å²) in [5.41, 5.74) is 6.09. The van der Waals surface area contributed by atoms with Crippen molar-refractivity contribution in [3.8, 4) is 11.1 Å². The zero-order chi connectivity index (χ0) is 11.3. The van der Waals surface area contributed by atoms with Crippen molar-refractivity contribution in [3.05, 3.63) is 58.7 Å². The minimum absolute atomic E-state index is 0.173. The summed E-state index contributed by atoms with van der Waals surface area (Å²) in [6, 6.07) is 12.1. The second kappa shape index (κ2) is 3.05. The number of benzene rings is 2. The minimum atomic E-state index is 0.173. The Hall–Kier alpha value is -1.89. The molecule has 2 aromatic rings. The van der Waals surface area contributed by atoms with Crippen LogP contribution in [0.4, 0.5) is 0 Å². The summed E-state index contributed by atoms with van der Waals surface area (Å²) < 4.78 is 0. The van der Waals surface area contributed by atoms with E-state index >= 15 is 0 Å². The van der Waals surface area contributed by atoms with Crippen LogP contribution in [0.2, 0.25) is 0 Å². The first-order chi connectivity index (χ1) is 7.68. The third-order valence-corrected chi connectivity index (χ3v) is 3.21. The largest absolute Gasteiger partial charge is 0.289 e. The highest BCUT2D eigenvalue weighted by molar-refractivity contribution is 6.22. The molecule has 0 aromatic heterocycles. The molecule has 0 saturated heterocycles. The topological polar surface area (TPSA) is 17.1 Å². The SMILES string of the molecule is Cc1ccc2c(c1)C(=O)c1c(C)cccc1-2. The molecule has 0 aliphatic heterocycles. The molecule has 0 fully saturated rings. The number of ketones is 1. The maximum absolute atomic E-state index is 12.3. The van der Waals surface area contributed by atoms with Gasteiger partial charge in [0, 0.05) is 11.1 Å². The Bertz CT molecular complexity index is 609. The van der Waals surface area contributed by atoms with Crippen LogP contribution in [0.5, 0.6) is 0 Å². The molecule has 1 nitrogen and oxygen atoms in total. The van der Waals surface area contributed by atoms with E-state index in [1.165, 1.54) is 0 Å². The summed E-state index contributed by atoms with van der Waals surface area (Å²) in [7, 11) is 0. The molecular formula is C15H12O. The van der Waals surface area contributed by atoms with Crippen molar-refractivity contribution in [1.82, 2.24) is 0 Å². The van der Waals surface area contributed by atoms with Crippen LogP contribution in [0.15, 0.2) is 36.4 Å². The van der Waals surface area contributed by atoms with Crippen LogP contribution in [0.3, 0.4) is 0 Å². The fourth-order valence-corrected chi connectivity index (χ4v) is 2.41. The van der Waals surface area contributed by atoms with E-state index in [0.29, 0.717) is 0 Å². The van der Waals surface area contributed by atoms with E-state index in [1.807, 2.05) is 44.2 Å².